The molecule has 0 amide bonds. The molecule has 0 aromatic carbocycles. The van der Waals surface area contributed by atoms with Gasteiger partial charge < -0.3 is 0 Å². The summed E-state index contributed by atoms with van der Waals surface area (Å²) in [6.45, 7) is 4.22. The summed E-state index contributed by atoms with van der Waals surface area (Å²) in [5.41, 5.74) is 5.55. The Morgan fingerprint density at radius 1 is 1.50 bits per heavy atom. The number of hydrogen-bond donors (Lipinski definition) is 0. The average molecular weight is 209 g/mol. The van der Waals surface area contributed by atoms with Gasteiger partial charge in [0, 0.05) is 17.5 Å². The predicted molar refractivity (Wildman–Crippen MR) is 63.2 cm³/mol. The van der Waals surface area contributed by atoms with E-state index in [4.69, 9.17) is 11.6 Å². The van der Waals surface area contributed by atoms with Crippen LogP contribution < -0.4 is 0 Å². The zero-order valence-corrected chi connectivity index (χ0v) is 9.75. The molecule has 0 radical (unpaired) electrons. The van der Waals surface area contributed by atoms with Gasteiger partial charge in [-0.25, -0.2) is 0 Å². The van der Waals surface area contributed by atoms with Gasteiger partial charge in [-0.1, -0.05) is 30.4 Å². The van der Waals surface area contributed by atoms with E-state index in [9.17, 15) is 0 Å². The highest BCUT2D eigenvalue weighted by Crippen LogP contribution is 2.30. The molecule has 1 rings (SSSR count). The summed E-state index contributed by atoms with van der Waals surface area (Å²) in [5, 5.41) is 0. The zero-order chi connectivity index (χ0) is 10.4. The lowest BCUT2D eigenvalue weighted by Gasteiger charge is -2.00. The van der Waals surface area contributed by atoms with Crippen molar-refractivity contribution in [3.8, 4) is 11.8 Å². The van der Waals surface area contributed by atoms with Crippen LogP contribution in [0.3, 0.4) is 0 Å². The Balaban J connectivity index is 2.79. The Bertz CT molecular complexity index is 310. The van der Waals surface area contributed by atoms with Crippen molar-refractivity contribution in [1.29, 1.82) is 0 Å². The van der Waals surface area contributed by atoms with Crippen LogP contribution in [0.15, 0.2) is 22.3 Å². The highest BCUT2D eigenvalue weighted by Gasteiger charge is 2.13. The minimum absolute atomic E-state index is 1.00. The Hall–Kier alpha value is -0.670. The molecule has 0 heterocycles. The van der Waals surface area contributed by atoms with E-state index in [2.05, 4.69) is 25.7 Å². The molecule has 0 aliphatic heterocycles. The van der Waals surface area contributed by atoms with E-state index < -0.39 is 0 Å². The molecule has 0 bridgehead atoms. The van der Waals surface area contributed by atoms with Crippen molar-refractivity contribution in [3.05, 3.63) is 22.3 Å². The van der Waals surface area contributed by atoms with E-state index in [1.165, 1.54) is 23.1 Å². The van der Waals surface area contributed by atoms with Crippen LogP contribution in [0, 0.1) is 11.8 Å². The molecule has 76 valence electrons. The van der Waals surface area contributed by atoms with E-state index in [1.807, 2.05) is 0 Å². The fourth-order valence-electron chi connectivity index (χ4n) is 1.68. The molecule has 0 aromatic rings. The molecule has 0 spiro atoms. The number of allylic oxidation sites excluding steroid dienone is 3. The minimum atomic E-state index is 1.00. The summed E-state index contributed by atoms with van der Waals surface area (Å²) in [5.74, 6) is 6.49. The molecule has 1 aliphatic carbocycles. The van der Waals surface area contributed by atoms with Crippen LogP contribution in [0.4, 0.5) is 0 Å². The lowest BCUT2D eigenvalue weighted by atomic mass is 10.1. The normalized spacial score (nSPS) is 16.9. The van der Waals surface area contributed by atoms with Gasteiger partial charge >= 0.3 is 0 Å². The zero-order valence-electron chi connectivity index (χ0n) is 8.99. The first-order chi connectivity index (χ1) is 6.79. The third-order valence-corrected chi connectivity index (χ3v) is 2.80. The van der Waals surface area contributed by atoms with Gasteiger partial charge in [0.2, 0.25) is 0 Å². The van der Waals surface area contributed by atoms with Crippen LogP contribution in [0.2, 0.25) is 0 Å². The second-order valence-corrected chi connectivity index (χ2v) is 3.87. The van der Waals surface area contributed by atoms with Crippen molar-refractivity contribution >= 4 is 11.6 Å². The van der Waals surface area contributed by atoms with Gasteiger partial charge in [-0.15, -0.1) is 0 Å². The van der Waals surface area contributed by atoms with Gasteiger partial charge in [-0.3, -0.25) is 0 Å². The van der Waals surface area contributed by atoms with Crippen LogP contribution in [0.5, 0.6) is 0 Å². The molecule has 1 aliphatic rings. The molecular weight excluding hydrogens is 192 g/mol. The molecule has 0 fully saturated rings. The monoisotopic (exact) mass is 208 g/mol. The van der Waals surface area contributed by atoms with Gasteiger partial charge in [0.1, 0.15) is 0 Å². The number of halogens is 1. The van der Waals surface area contributed by atoms with E-state index in [1.54, 1.807) is 5.54 Å². The summed E-state index contributed by atoms with van der Waals surface area (Å²) in [7, 11) is 0. The molecule has 1 heteroatoms. The molecule has 0 unspecified atom stereocenters. The fourth-order valence-corrected chi connectivity index (χ4v) is 1.81. The molecule has 0 N–H and O–H groups in total. The maximum Gasteiger partial charge on any atom is 0.00897 e. The smallest absolute Gasteiger partial charge is 0.00897 e. The Kier molecular flexibility index (Phi) is 4.84. The number of hydrogen-bond acceptors (Lipinski definition) is 0. The van der Waals surface area contributed by atoms with E-state index >= 15 is 0 Å². The third-order valence-electron chi connectivity index (χ3n) is 2.47. The van der Waals surface area contributed by atoms with Gasteiger partial charge in [-0.2, -0.15) is 0 Å². The SMILES string of the molecule is CCCC#CC1=C(/C(C)=C/Cl)CCC1. The number of rotatable bonds is 2. The molecule has 0 nitrogen and oxygen atoms in total. The van der Waals surface area contributed by atoms with Crippen LogP contribution in [-0.2, 0) is 0 Å². The van der Waals surface area contributed by atoms with E-state index in [-0.39, 0.29) is 0 Å². The Morgan fingerprint density at radius 3 is 2.93 bits per heavy atom. The van der Waals surface area contributed by atoms with Gasteiger partial charge in [0.15, 0.2) is 0 Å². The highest BCUT2D eigenvalue weighted by molar-refractivity contribution is 6.25. The molecule has 14 heavy (non-hydrogen) atoms. The molecule has 0 aromatic heterocycles. The summed E-state index contributed by atoms with van der Waals surface area (Å²) < 4.78 is 0. The van der Waals surface area contributed by atoms with Crippen molar-refractivity contribution in [2.45, 2.75) is 46.0 Å². The summed E-state index contributed by atoms with van der Waals surface area (Å²) in [6, 6.07) is 0. The molecule has 0 saturated carbocycles. The van der Waals surface area contributed by atoms with Crippen LogP contribution >= 0.6 is 11.6 Å². The van der Waals surface area contributed by atoms with Crippen molar-refractivity contribution in [2.75, 3.05) is 0 Å². The van der Waals surface area contributed by atoms with Crippen LogP contribution in [0.25, 0.3) is 0 Å². The Labute approximate surface area is 92.0 Å². The van der Waals surface area contributed by atoms with Gasteiger partial charge in [-0.05, 0) is 43.8 Å². The summed E-state index contributed by atoms with van der Waals surface area (Å²) in [6.07, 6.45) is 5.65. The topological polar surface area (TPSA) is 0 Å². The second-order valence-electron chi connectivity index (χ2n) is 3.65. The quantitative estimate of drug-likeness (QED) is 0.590. The van der Waals surface area contributed by atoms with E-state index in [0.29, 0.717) is 0 Å². The van der Waals surface area contributed by atoms with Crippen LogP contribution in [0.1, 0.15) is 46.0 Å². The first-order valence-corrected chi connectivity index (χ1v) is 5.71. The van der Waals surface area contributed by atoms with Crippen molar-refractivity contribution < 1.29 is 0 Å². The summed E-state index contributed by atoms with van der Waals surface area (Å²) >= 11 is 5.71. The molecule has 0 atom stereocenters. The van der Waals surface area contributed by atoms with Crippen molar-refractivity contribution in [3.63, 3.8) is 0 Å². The largest absolute Gasteiger partial charge is 0.0982 e. The lowest BCUT2D eigenvalue weighted by Crippen LogP contribution is -1.83. The van der Waals surface area contributed by atoms with Crippen molar-refractivity contribution in [1.82, 2.24) is 0 Å². The minimum Gasteiger partial charge on any atom is -0.0982 e. The second kappa shape index (κ2) is 5.94. The third kappa shape index (κ3) is 2.93. The van der Waals surface area contributed by atoms with Gasteiger partial charge in [0.25, 0.3) is 0 Å². The highest BCUT2D eigenvalue weighted by atomic mass is 35.5. The van der Waals surface area contributed by atoms with Gasteiger partial charge in [0.05, 0.1) is 0 Å². The van der Waals surface area contributed by atoms with E-state index in [0.717, 1.165) is 25.7 Å². The predicted octanol–water partition coefficient (Wildman–Crippen LogP) is 4.41. The number of unbranched alkanes of at least 4 members (excludes halogenated alkanes) is 1. The van der Waals surface area contributed by atoms with Crippen LogP contribution in [-0.4, -0.2) is 0 Å². The molecule has 0 saturated heterocycles. The maximum absolute atomic E-state index is 5.71. The maximum atomic E-state index is 5.71. The fraction of sp³-hybridized carbons (Fsp3) is 0.538. The first-order valence-electron chi connectivity index (χ1n) is 5.27. The van der Waals surface area contributed by atoms with Crippen molar-refractivity contribution in [2.24, 2.45) is 0 Å². The Morgan fingerprint density at radius 2 is 2.29 bits per heavy atom. The average Bonchev–Trinajstić information content (AvgIpc) is 2.65. The first kappa shape index (κ1) is 11.4. The summed E-state index contributed by atoms with van der Waals surface area (Å²) in [4.78, 5) is 0. The standard InChI is InChI=1S/C13H17Cl/c1-3-4-5-7-12-8-6-9-13(12)11(2)10-14/h10H,3-4,6,8-9H2,1-2H3/b11-10+. The molecular formula is C13H17Cl. The lowest BCUT2D eigenvalue weighted by molar-refractivity contribution is 0.903.